The van der Waals surface area contributed by atoms with E-state index in [2.05, 4.69) is 98.1 Å². The third-order valence-corrected chi connectivity index (χ3v) is 8.88. The molecule has 0 saturated heterocycles. The van der Waals surface area contributed by atoms with Crippen molar-refractivity contribution in [2.45, 2.75) is 58.3 Å². The maximum atomic E-state index is 9.96. The molecule has 0 unspecified atom stereocenters. The van der Waals surface area contributed by atoms with Crippen molar-refractivity contribution in [2.24, 2.45) is 0 Å². The van der Waals surface area contributed by atoms with Crippen molar-refractivity contribution in [2.75, 3.05) is 18.0 Å². The topological polar surface area (TPSA) is 31.4 Å². The van der Waals surface area contributed by atoms with Gasteiger partial charge in [0.15, 0.2) is 0 Å². The number of nitriles is 1. The van der Waals surface area contributed by atoms with Crippen LogP contribution in [-0.2, 0) is 10.8 Å². The number of nitrogens with zero attached hydrogens (tertiary/aromatic N) is 3. The third kappa shape index (κ3) is 3.69. The SMILES string of the molecule is [C-]#[N+]c1c(C#N)c2cc(C)ccc2c2ccc(C=Cc3cc4c5c(c3)C(C)(C)CCN5CCC4(C)C)cc12. The van der Waals surface area contributed by atoms with E-state index in [9.17, 15) is 5.26 Å². The van der Waals surface area contributed by atoms with Gasteiger partial charge in [0, 0.05) is 18.8 Å². The van der Waals surface area contributed by atoms with Crippen LogP contribution in [0.15, 0.2) is 48.5 Å². The van der Waals surface area contributed by atoms with Crippen molar-refractivity contribution in [3.8, 4) is 6.07 Å². The van der Waals surface area contributed by atoms with Crippen molar-refractivity contribution in [1.29, 1.82) is 5.26 Å². The molecule has 3 nitrogen and oxygen atoms in total. The molecule has 0 radical (unpaired) electrons. The number of aryl methyl sites for hydroxylation is 1. The summed E-state index contributed by atoms with van der Waals surface area (Å²) in [5.41, 5.74) is 8.94. The van der Waals surface area contributed by atoms with Crippen LogP contribution >= 0.6 is 0 Å². The van der Waals surface area contributed by atoms with Gasteiger partial charge < -0.3 is 4.90 Å². The van der Waals surface area contributed by atoms with Crippen molar-refractivity contribution in [3.63, 3.8) is 0 Å². The lowest BCUT2D eigenvalue weighted by Crippen LogP contribution is -2.44. The van der Waals surface area contributed by atoms with E-state index >= 15 is 0 Å². The van der Waals surface area contributed by atoms with Crippen LogP contribution in [0.1, 0.15) is 73.9 Å². The maximum absolute atomic E-state index is 9.96. The van der Waals surface area contributed by atoms with Gasteiger partial charge in [0.25, 0.3) is 0 Å². The van der Waals surface area contributed by atoms with E-state index in [0.717, 1.165) is 45.8 Å². The third-order valence-electron chi connectivity index (χ3n) is 8.88. The fraction of sp³-hybridized carbons (Fsp3) is 0.314. The minimum Gasteiger partial charge on any atom is -0.371 e. The molecule has 2 heterocycles. The molecule has 188 valence electrons. The van der Waals surface area contributed by atoms with Gasteiger partial charge in [-0.2, -0.15) is 5.26 Å². The van der Waals surface area contributed by atoms with E-state index in [1.165, 1.54) is 35.2 Å². The van der Waals surface area contributed by atoms with E-state index < -0.39 is 0 Å². The van der Waals surface area contributed by atoms with Crippen LogP contribution in [0.2, 0.25) is 0 Å². The van der Waals surface area contributed by atoms with E-state index in [1.807, 2.05) is 13.0 Å². The highest BCUT2D eigenvalue weighted by Crippen LogP contribution is 2.49. The van der Waals surface area contributed by atoms with Crippen LogP contribution in [0.25, 0.3) is 38.5 Å². The average molecular weight is 496 g/mol. The fourth-order valence-corrected chi connectivity index (χ4v) is 6.44. The lowest BCUT2D eigenvalue weighted by Gasteiger charge is -2.48. The molecular weight excluding hydrogens is 462 g/mol. The number of anilines is 1. The number of rotatable bonds is 2. The Morgan fingerprint density at radius 1 is 0.816 bits per heavy atom. The highest BCUT2D eigenvalue weighted by Gasteiger charge is 2.39. The molecule has 4 aromatic rings. The zero-order valence-corrected chi connectivity index (χ0v) is 22.9. The van der Waals surface area contributed by atoms with Gasteiger partial charge in [-0.05, 0) is 86.5 Å². The Morgan fingerprint density at radius 3 is 2.05 bits per heavy atom. The Bertz CT molecular complexity index is 1710. The summed E-state index contributed by atoms with van der Waals surface area (Å²) in [6.07, 6.45) is 6.71. The minimum absolute atomic E-state index is 0.151. The van der Waals surface area contributed by atoms with Crippen molar-refractivity contribution in [3.05, 3.63) is 93.3 Å². The molecular formula is C35H33N3. The Morgan fingerprint density at radius 2 is 1.42 bits per heavy atom. The summed E-state index contributed by atoms with van der Waals surface area (Å²) >= 11 is 0. The summed E-state index contributed by atoms with van der Waals surface area (Å²) in [6, 6.07) is 19.5. The largest absolute Gasteiger partial charge is 0.371 e. The number of benzene rings is 4. The first-order valence-electron chi connectivity index (χ1n) is 13.5. The maximum Gasteiger partial charge on any atom is 0.212 e. The molecule has 2 aliphatic heterocycles. The second kappa shape index (κ2) is 8.47. The van der Waals surface area contributed by atoms with Gasteiger partial charge in [-0.15, -0.1) is 0 Å². The Hall–Kier alpha value is -4.08. The zero-order chi connectivity index (χ0) is 26.8. The van der Waals surface area contributed by atoms with Crippen molar-refractivity contribution < 1.29 is 0 Å². The normalized spacial score (nSPS) is 17.4. The first-order valence-corrected chi connectivity index (χ1v) is 13.5. The van der Waals surface area contributed by atoms with Gasteiger partial charge in [-0.25, -0.2) is 4.85 Å². The molecule has 4 aromatic carbocycles. The van der Waals surface area contributed by atoms with Crippen LogP contribution in [0, 0.1) is 24.8 Å². The highest BCUT2D eigenvalue weighted by molar-refractivity contribution is 6.17. The van der Waals surface area contributed by atoms with Gasteiger partial charge in [-0.3, -0.25) is 0 Å². The molecule has 0 aliphatic carbocycles. The molecule has 0 saturated carbocycles. The average Bonchev–Trinajstić information content (AvgIpc) is 2.89. The minimum atomic E-state index is 0.151. The van der Waals surface area contributed by atoms with E-state index in [4.69, 9.17) is 6.57 Å². The molecule has 6 rings (SSSR count). The fourth-order valence-electron chi connectivity index (χ4n) is 6.44. The predicted molar refractivity (Wildman–Crippen MR) is 160 cm³/mol. The van der Waals surface area contributed by atoms with Crippen LogP contribution in [0.5, 0.6) is 0 Å². The molecule has 0 spiro atoms. The lowest BCUT2D eigenvalue weighted by atomic mass is 9.69. The summed E-state index contributed by atoms with van der Waals surface area (Å²) in [5, 5.41) is 13.7. The number of hydrogen-bond donors (Lipinski definition) is 0. The lowest BCUT2D eigenvalue weighted by molar-refractivity contribution is 0.401. The van der Waals surface area contributed by atoms with Crippen LogP contribution in [0.3, 0.4) is 0 Å². The Balaban J connectivity index is 1.49. The predicted octanol–water partition coefficient (Wildman–Crippen LogP) is 9.06. The number of hydrogen-bond acceptors (Lipinski definition) is 2. The summed E-state index contributed by atoms with van der Waals surface area (Å²) < 4.78 is 0. The Labute approximate surface area is 225 Å². The monoisotopic (exact) mass is 495 g/mol. The van der Waals surface area contributed by atoms with Crippen LogP contribution < -0.4 is 4.90 Å². The van der Waals surface area contributed by atoms with Crippen molar-refractivity contribution in [1.82, 2.24) is 0 Å². The molecule has 2 aliphatic rings. The number of fused-ring (bicyclic) bond motifs is 3. The van der Waals surface area contributed by atoms with Gasteiger partial charge >= 0.3 is 0 Å². The summed E-state index contributed by atoms with van der Waals surface area (Å²) in [5.74, 6) is 0. The zero-order valence-electron chi connectivity index (χ0n) is 22.9. The summed E-state index contributed by atoms with van der Waals surface area (Å²) in [4.78, 5) is 6.42. The van der Waals surface area contributed by atoms with Gasteiger partial charge in [0.1, 0.15) is 0 Å². The van der Waals surface area contributed by atoms with E-state index in [1.54, 1.807) is 0 Å². The molecule has 3 heteroatoms. The molecule has 0 atom stereocenters. The highest BCUT2D eigenvalue weighted by atomic mass is 15.2. The first-order chi connectivity index (χ1) is 18.1. The second-order valence-corrected chi connectivity index (χ2v) is 12.4. The first kappa shape index (κ1) is 24.3. The molecule has 38 heavy (non-hydrogen) atoms. The van der Waals surface area contributed by atoms with E-state index in [0.29, 0.717) is 11.3 Å². The van der Waals surface area contributed by atoms with Crippen LogP contribution in [0.4, 0.5) is 11.4 Å². The quantitative estimate of drug-likeness (QED) is 0.158. The summed E-state index contributed by atoms with van der Waals surface area (Å²) in [6.45, 7) is 21.7. The summed E-state index contributed by atoms with van der Waals surface area (Å²) in [7, 11) is 0. The van der Waals surface area contributed by atoms with E-state index in [-0.39, 0.29) is 10.8 Å². The van der Waals surface area contributed by atoms with Gasteiger partial charge in [0.2, 0.25) is 5.69 Å². The molecule has 0 fully saturated rings. The molecule has 0 aromatic heterocycles. The Kier molecular flexibility index (Phi) is 5.41. The molecule has 0 N–H and O–H groups in total. The smallest absolute Gasteiger partial charge is 0.212 e. The second-order valence-electron chi connectivity index (χ2n) is 12.4. The van der Waals surface area contributed by atoms with Gasteiger partial charge in [0.05, 0.1) is 18.2 Å². The standard InChI is InChI=1S/C35H33N3/c1-22-7-11-25-26-12-10-23(18-28(26)32(37-6)29(21-36)27(25)17-22)8-9-24-19-30-33-31(20-24)35(4,5)14-16-38(33)15-13-34(30,2)3/h7-12,17-20H,13-16H2,1-5H3. The molecule has 0 amide bonds. The van der Waals surface area contributed by atoms with Crippen molar-refractivity contribution >= 4 is 45.1 Å². The van der Waals surface area contributed by atoms with Gasteiger partial charge in [-0.1, -0.05) is 81.8 Å². The molecule has 0 bridgehead atoms. The van der Waals surface area contributed by atoms with Crippen LogP contribution in [-0.4, -0.2) is 13.1 Å².